The first-order valence-electron chi connectivity index (χ1n) is 9.48. The lowest BCUT2D eigenvalue weighted by molar-refractivity contribution is 0.762. The molecule has 0 spiro atoms. The van der Waals surface area contributed by atoms with Crippen LogP contribution in [0.4, 0.5) is 17.5 Å². The Hall–Kier alpha value is -3.55. The minimum absolute atomic E-state index is 0.382. The van der Waals surface area contributed by atoms with Crippen molar-refractivity contribution in [3.8, 4) is 11.1 Å². The van der Waals surface area contributed by atoms with Crippen LogP contribution in [0.1, 0.15) is 25.3 Å². The van der Waals surface area contributed by atoms with Crippen LogP contribution >= 0.6 is 0 Å². The van der Waals surface area contributed by atoms with E-state index in [1.807, 2.05) is 62.7 Å². The molecule has 148 valence electrons. The van der Waals surface area contributed by atoms with E-state index < -0.39 is 0 Å². The Bertz CT molecular complexity index is 1160. The summed E-state index contributed by atoms with van der Waals surface area (Å²) in [4.78, 5) is 11.3. The van der Waals surface area contributed by atoms with Gasteiger partial charge in [0.25, 0.3) is 0 Å². The molecule has 0 aliphatic carbocycles. The Morgan fingerprint density at radius 2 is 1.86 bits per heavy atom. The van der Waals surface area contributed by atoms with Crippen LogP contribution < -0.4 is 10.2 Å². The summed E-state index contributed by atoms with van der Waals surface area (Å²) in [5.74, 6) is 2.65. The average molecular weight is 388 g/mol. The third-order valence-corrected chi connectivity index (χ3v) is 4.68. The normalized spacial score (nSPS) is 11.2. The van der Waals surface area contributed by atoms with Gasteiger partial charge in [-0.25, -0.2) is 4.98 Å². The predicted molar refractivity (Wildman–Crippen MR) is 115 cm³/mol. The highest BCUT2D eigenvalue weighted by molar-refractivity contribution is 5.84. The molecule has 0 saturated heterocycles. The highest BCUT2D eigenvalue weighted by Crippen LogP contribution is 2.30. The summed E-state index contributed by atoms with van der Waals surface area (Å²) in [6.07, 6.45) is 5.64. The van der Waals surface area contributed by atoms with E-state index in [-0.39, 0.29) is 0 Å². The molecule has 8 heteroatoms. The van der Waals surface area contributed by atoms with E-state index in [9.17, 15) is 0 Å². The number of hydrogen-bond acceptors (Lipinski definition) is 7. The standard InChI is InChI=1S/C21H24N8/c1-13(2)14-9-20(26-23-11-14)25-19-7-6-17-18(24-19)8-15(10-22-17)16-12-29(5)27-21(16)28(3)4/h6-13H,1-5H3,(H,24,25,26). The van der Waals surface area contributed by atoms with Gasteiger partial charge in [-0.1, -0.05) is 13.8 Å². The number of anilines is 3. The smallest absolute Gasteiger partial charge is 0.158 e. The summed E-state index contributed by atoms with van der Waals surface area (Å²) in [6.45, 7) is 4.26. The van der Waals surface area contributed by atoms with Gasteiger partial charge in [-0.3, -0.25) is 9.67 Å². The third kappa shape index (κ3) is 3.87. The van der Waals surface area contributed by atoms with Crippen molar-refractivity contribution >= 4 is 28.5 Å². The van der Waals surface area contributed by atoms with Gasteiger partial charge in [-0.2, -0.15) is 10.2 Å². The Morgan fingerprint density at radius 3 is 2.62 bits per heavy atom. The van der Waals surface area contributed by atoms with Gasteiger partial charge in [-0.15, -0.1) is 5.10 Å². The van der Waals surface area contributed by atoms with Crippen LogP contribution in [-0.2, 0) is 7.05 Å². The molecule has 4 heterocycles. The molecule has 0 unspecified atom stereocenters. The summed E-state index contributed by atoms with van der Waals surface area (Å²) in [7, 11) is 5.87. The van der Waals surface area contributed by atoms with Crippen LogP contribution in [-0.4, -0.2) is 44.0 Å². The molecule has 0 bridgehead atoms. The summed E-state index contributed by atoms with van der Waals surface area (Å²) in [5, 5.41) is 16.0. The van der Waals surface area contributed by atoms with Crippen LogP contribution in [0.15, 0.2) is 42.9 Å². The fourth-order valence-corrected chi connectivity index (χ4v) is 3.12. The Kier molecular flexibility index (Phi) is 4.84. The SMILES string of the molecule is CC(C)c1cnnc(Nc2ccc3ncc(-c4cn(C)nc4N(C)C)cc3n2)c1. The predicted octanol–water partition coefficient (Wildman–Crippen LogP) is 3.75. The molecular formula is C21H24N8. The second kappa shape index (κ2) is 7.46. The van der Waals surface area contributed by atoms with E-state index in [1.165, 1.54) is 0 Å². The first kappa shape index (κ1) is 18.8. The number of pyridine rings is 2. The second-order valence-corrected chi connectivity index (χ2v) is 7.55. The van der Waals surface area contributed by atoms with Gasteiger partial charge in [0, 0.05) is 44.7 Å². The maximum atomic E-state index is 4.73. The maximum Gasteiger partial charge on any atom is 0.158 e. The van der Waals surface area contributed by atoms with E-state index in [2.05, 4.69) is 39.4 Å². The van der Waals surface area contributed by atoms with Crippen LogP contribution in [0.2, 0.25) is 0 Å². The highest BCUT2D eigenvalue weighted by Gasteiger charge is 2.13. The number of aryl methyl sites for hydroxylation is 1. The van der Waals surface area contributed by atoms with Crippen molar-refractivity contribution < 1.29 is 0 Å². The molecule has 0 aliphatic heterocycles. The molecule has 0 radical (unpaired) electrons. The first-order chi connectivity index (χ1) is 13.9. The fourth-order valence-electron chi connectivity index (χ4n) is 3.12. The molecule has 29 heavy (non-hydrogen) atoms. The third-order valence-electron chi connectivity index (χ3n) is 4.68. The summed E-state index contributed by atoms with van der Waals surface area (Å²) >= 11 is 0. The second-order valence-electron chi connectivity index (χ2n) is 7.55. The summed E-state index contributed by atoms with van der Waals surface area (Å²) in [5.41, 5.74) is 4.74. The van der Waals surface area contributed by atoms with Gasteiger partial charge >= 0.3 is 0 Å². The number of aromatic nitrogens is 6. The van der Waals surface area contributed by atoms with Gasteiger partial charge < -0.3 is 10.2 Å². The lowest BCUT2D eigenvalue weighted by Gasteiger charge is -2.11. The fraction of sp³-hybridized carbons (Fsp3) is 0.286. The minimum Gasteiger partial charge on any atom is -0.361 e. The van der Waals surface area contributed by atoms with Crippen LogP contribution in [0.5, 0.6) is 0 Å². The molecule has 4 aromatic heterocycles. The topological polar surface area (TPSA) is 84.7 Å². The number of nitrogens with one attached hydrogen (secondary N) is 1. The number of rotatable bonds is 5. The average Bonchev–Trinajstić information content (AvgIpc) is 3.10. The van der Waals surface area contributed by atoms with Gasteiger partial charge in [0.1, 0.15) is 5.82 Å². The van der Waals surface area contributed by atoms with E-state index in [4.69, 9.17) is 4.98 Å². The maximum absolute atomic E-state index is 4.73. The Morgan fingerprint density at radius 1 is 1.03 bits per heavy atom. The van der Waals surface area contributed by atoms with Crippen LogP contribution in [0.25, 0.3) is 22.2 Å². The molecule has 0 atom stereocenters. The molecule has 0 fully saturated rings. The number of hydrogen-bond donors (Lipinski definition) is 1. The van der Waals surface area contributed by atoms with Crippen molar-refractivity contribution in [1.82, 2.24) is 29.9 Å². The van der Waals surface area contributed by atoms with Gasteiger partial charge in [0.05, 0.1) is 17.2 Å². The molecule has 4 rings (SSSR count). The zero-order valence-corrected chi connectivity index (χ0v) is 17.2. The van der Waals surface area contributed by atoms with Gasteiger partial charge in [-0.05, 0) is 35.7 Å². The monoisotopic (exact) mass is 388 g/mol. The molecule has 8 nitrogen and oxygen atoms in total. The molecule has 0 saturated carbocycles. The van der Waals surface area contributed by atoms with E-state index in [0.717, 1.165) is 33.5 Å². The van der Waals surface area contributed by atoms with Crippen molar-refractivity contribution in [2.45, 2.75) is 19.8 Å². The van der Waals surface area contributed by atoms with Crippen molar-refractivity contribution in [3.05, 3.63) is 48.4 Å². The molecule has 0 aromatic carbocycles. The van der Waals surface area contributed by atoms with Gasteiger partial charge in [0.15, 0.2) is 11.6 Å². The van der Waals surface area contributed by atoms with Gasteiger partial charge in [0.2, 0.25) is 0 Å². The van der Waals surface area contributed by atoms with Crippen LogP contribution in [0.3, 0.4) is 0 Å². The Balaban J connectivity index is 1.70. The summed E-state index contributed by atoms with van der Waals surface area (Å²) in [6, 6.07) is 7.88. The zero-order chi connectivity index (χ0) is 20.5. The highest BCUT2D eigenvalue weighted by atomic mass is 15.3. The van der Waals surface area contributed by atoms with E-state index in [1.54, 1.807) is 10.9 Å². The largest absolute Gasteiger partial charge is 0.361 e. The van der Waals surface area contributed by atoms with Crippen molar-refractivity contribution in [3.63, 3.8) is 0 Å². The quantitative estimate of drug-likeness (QED) is 0.557. The number of fused-ring (bicyclic) bond motifs is 1. The molecule has 4 aromatic rings. The summed E-state index contributed by atoms with van der Waals surface area (Å²) < 4.78 is 1.81. The van der Waals surface area contributed by atoms with Crippen molar-refractivity contribution in [1.29, 1.82) is 0 Å². The van der Waals surface area contributed by atoms with E-state index >= 15 is 0 Å². The lowest BCUT2D eigenvalue weighted by Crippen LogP contribution is -2.10. The van der Waals surface area contributed by atoms with E-state index in [0.29, 0.717) is 17.6 Å². The minimum atomic E-state index is 0.382. The molecule has 0 amide bonds. The first-order valence-corrected chi connectivity index (χ1v) is 9.48. The number of nitrogens with zero attached hydrogens (tertiary/aromatic N) is 7. The van der Waals surface area contributed by atoms with Crippen molar-refractivity contribution in [2.75, 3.05) is 24.3 Å². The molecule has 0 aliphatic rings. The van der Waals surface area contributed by atoms with Crippen LogP contribution in [0, 0.1) is 0 Å². The zero-order valence-electron chi connectivity index (χ0n) is 17.2. The molecular weight excluding hydrogens is 364 g/mol. The van der Waals surface area contributed by atoms with Crippen molar-refractivity contribution in [2.24, 2.45) is 7.05 Å². The molecule has 1 N–H and O–H groups in total. The Labute approximate surface area is 169 Å². The lowest BCUT2D eigenvalue weighted by atomic mass is 10.1.